The van der Waals surface area contributed by atoms with Gasteiger partial charge in [0.25, 0.3) is 0 Å². The van der Waals surface area contributed by atoms with Gasteiger partial charge in [0, 0.05) is 5.56 Å². The molecule has 6 heteroatoms. The number of hydrogen-bond donors (Lipinski definition) is 1. The van der Waals surface area contributed by atoms with Crippen LogP contribution in [0.1, 0.15) is 45.2 Å². The molecular formula is C22H26N4OS. The van der Waals surface area contributed by atoms with Crippen molar-refractivity contribution in [3.05, 3.63) is 64.4 Å². The Morgan fingerprint density at radius 1 is 1.11 bits per heavy atom. The summed E-state index contributed by atoms with van der Waals surface area (Å²) in [6.07, 6.45) is 2.75. The molecule has 0 aliphatic rings. The average molecular weight is 395 g/mol. The Morgan fingerprint density at radius 3 is 2.39 bits per heavy atom. The summed E-state index contributed by atoms with van der Waals surface area (Å²) in [5.74, 6) is 1.54. The molecule has 0 saturated carbocycles. The number of hydrogen-bond acceptors (Lipinski definition) is 4. The van der Waals surface area contributed by atoms with Crippen LogP contribution in [0.4, 0.5) is 0 Å². The SMILES string of the molecule is CCCOc1ccc(/C=N\n2c(-c3ccc(C(C)(C)C)cc3)n[nH]c2=S)cc1. The summed E-state index contributed by atoms with van der Waals surface area (Å²) in [6.45, 7) is 9.39. The number of H-pyrrole nitrogens is 1. The smallest absolute Gasteiger partial charge is 0.216 e. The summed E-state index contributed by atoms with van der Waals surface area (Å²) in [6, 6.07) is 16.2. The normalized spacial score (nSPS) is 11.9. The highest BCUT2D eigenvalue weighted by atomic mass is 32.1. The number of nitrogens with zero attached hydrogens (tertiary/aromatic N) is 3. The minimum absolute atomic E-state index is 0.106. The maximum Gasteiger partial charge on any atom is 0.216 e. The molecule has 3 aromatic rings. The molecule has 0 spiro atoms. The lowest BCUT2D eigenvalue weighted by Crippen LogP contribution is -2.10. The van der Waals surface area contributed by atoms with Crippen LogP contribution >= 0.6 is 12.2 Å². The van der Waals surface area contributed by atoms with Crippen LogP contribution in [0.5, 0.6) is 5.75 Å². The largest absolute Gasteiger partial charge is 0.494 e. The van der Waals surface area contributed by atoms with Crippen LogP contribution < -0.4 is 4.74 Å². The monoisotopic (exact) mass is 394 g/mol. The lowest BCUT2D eigenvalue weighted by Gasteiger charge is -2.18. The first kappa shape index (κ1) is 20.0. The third kappa shape index (κ3) is 4.75. The Labute approximate surface area is 171 Å². The number of aromatic nitrogens is 3. The second kappa shape index (κ2) is 8.52. The fraction of sp³-hybridized carbons (Fsp3) is 0.318. The molecule has 0 unspecified atom stereocenters. The van der Waals surface area contributed by atoms with E-state index in [0.29, 0.717) is 10.6 Å². The molecule has 0 aliphatic carbocycles. The van der Waals surface area contributed by atoms with Gasteiger partial charge in [-0.3, -0.25) is 0 Å². The number of aromatic amines is 1. The van der Waals surface area contributed by atoms with E-state index in [-0.39, 0.29) is 5.41 Å². The predicted octanol–water partition coefficient (Wildman–Crippen LogP) is 5.58. The topological polar surface area (TPSA) is 55.2 Å². The fourth-order valence-corrected chi connectivity index (χ4v) is 2.88. The van der Waals surface area contributed by atoms with Crippen molar-refractivity contribution in [2.45, 2.75) is 39.5 Å². The standard InChI is InChI=1S/C22H26N4OS/c1-5-14-27-19-12-6-16(7-13-19)15-23-26-20(24-25-21(26)28)17-8-10-18(11-9-17)22(2,3)4/h6-13,15H,5,14H2,1-4H3,(H,25,28)/b23-15-. The number of nitrogens with one attached hydrogen (secondary N) is 1. The van der Waals surface area contributed by atoms with Crippen LogP contribution in [-0.2, 0) is 5.41 Å². The van der Waals surface area contributed by atoms with Crippen molar-refractivity contribution in [2.24, 2.45) is 5.10 Å². The minimum atomic E-state index is 0.106. The van der Waals surface area contributed by atoms with Crippen LogP contribution in [0.2, 0.25) is 0 Å². The number of rotatable bonds is 6. The van der Waals surface area contributed by atoms with Gasteiger partial charge in [0.1, 0.15) is 5.75 Å². The van der Waals surface area contributed by atoms with E-state index < -0.39 is 0 Å². The van der Waals surface area contributed by atoms with Gasteiger partial charge >= 0.3 is 0 Å². The van der Waals surface area contributed by atoms with Crippen molar-refractivity contribution in [1.82, 2.24) is 14.9 Å². The molecule has 1 aromatic heterocycles. The summed E-state index contributed by atoms with van der Waals surface area (Å²) < 4.78 is 7.70. The molecule has 2 aromatic carbocycles. The van der Waals surface area contributed by atoms with Crippen molar-refractivity contribution < 1.29 is 4.74 Å². The Balaban J connectivity index is 1.83. The molecule has 1 heterocycles. The van der Waals surface area contributed by atoms with Crippen molar-refractivity contribution in [3.63, 3.8) is 0 Å². The molecule has 0 amide bonds. The highest BCUT2D eigenvalue weighted by Crippen LogP contribution is 2.25. The molecule has 28 heavy (non-hydrogen) atoms. The third-order valence-electron chi connectivity index (χ3n) is 4.33. The molecule has 3 rings (SSSR count). The van der Waals surface area contributed by atoms with Gasteiger partial charge in [-0.2, -0.15) is 14.9 Å². The number of ether oxygens (including phenoxy) is 1. The molecule has 0 bridgehead atoms. The predicted molar refractivity (Wildman–Crippen MR) is 117 cm³/mol. The highest BCUT2D eigenvalue weighted by Gasteiger charge is 2.14. The zero-order chi connectivity index (χ0) is 20.1. The number of benzene rings is 2. The Morgan fingerprint density at radius 2 is 1.79 bits per heavy atom. The summed E-state index contributed by atoms with van der Waals surface area (Å²) in [5, 5.41) is 11.7. The van der Waals surface area contributed by atoms with E-state index in [4.69, 9.17) is 17.0 Å². The van der Waals surface area contributed by atoms with E-state index in [1.165, 1.54) is 5.56 Å². The van der Waals surface area contributed by atoms with Crippen molar-refractivity contribution in [1.29, 1.82) is 0 Å². The van der Waals surface area contributed by atoms with Gasteiger partial charge < -0.3 is 4.74 Å². The van der Waals surface area contributed by atoms with Crippen molar-refractivity contribution >= 4 is 18.4 Å². The first-order valence-corrected chi connectivity index (χ1v) is 9.85. The van der Waals surface area contributed by atoms with E-state index in [9.17, 15) is 0 Å². The first-order chi connectivity index (χ1) is 13.4. The van der Waals surface area contributed by atoms with Crippen LogP contribution in [0.15, 0.2) is 53.6 Å². The fourth-order valence-electron chi connectivity index (χ4n) is 2.70. The molecule has 0 fully saturated rings. The van der Waals surface area contributed by atoms with E-state index in [2.05, 4.69) is 67.3 Å². The molecule has 0 saturated heterocycles. The van der Waals surface area contributed by atoms with Crippen LogP contribution in [0, 0.1) is 4.77 Å². The molecule has 0 radical (unpaired) electrons. The van der Waals surface area contributed by atoms with E-state index in [1.54, 1.807) is 10.9 Å². The molecule has 5 nitrogen and oxygen atoms in total. The van der Waals surface area contributed by atoms with Gasteiger partial charge in [0.15, 0.2) is 5.82 Å². The Bertz CT molecular complexity index is 993. The second-order valence-corrected chi connectivity index (χ2v) is 8.04. The van der Waals surface area contributed by atoms with E-state index >= 15 is 0 Å². The van der Waals surface area contributed by atoms with E-state index in [1.807, 2.05) is 24.3 Å². The Kier molecular flexibility index (Phi) is 6.09. The first-order valence-electron chi connectivity index (χ1n) is 9.44. The van der Waals surface area contributed by atoms with Gasteiger partial charge in [-0.05, 0) is 59.4 Å². The van der Waals surface area contributed by atoms with Gasteiger partial charge in [-0.15, -0.1) is 0 Å². The third-order valence-corrected chi connectivity index (χ3v) is 4.60. The molecule has 146 valence electrons. The lowest BCUT2D eigenvalue weighted by atomic mass is 9.87. The average Bonchev–Trinajstić information content (AvgIpc) is 3.05. The van der Waals surface area contributed by atoms with Gasteiger partial charge in [-0.1, -0.05) is 52.0 Å². The summed E-state index contributed by atoms with van der Waals surface area (Å²) >= 11 is 5.35. The summed E-state index contributed by atoms with van der Waals surface area (Å²) in [4.78, 5) is 0. The highest BCUT2D eigenvalue weighted by molar-refractivity contribution is 7.71. The molecule has 0 aliphatic heterocycles. The van der Waals surface area contributed by atoms with Gasteiger partial charge in [0.05, 0.1) is 12.8 Å². The zero-order valence-corrected chi connectivity index (χ0v) is 17.6. The Hall–Kier alpha value is -2.73. The van der Waals surface area contributed by atoms with Gasteiger partial charge in [-0.25, -0.2) is 5.10 Å². The maximum absolute atomic E-state index is 5.61. The van der Waals surface area contributed by atoms with Gasteiger partial charge in [0.2, 0.25) is 4.77 Å². The summed E-state index contributed by atoms with van der Waals surface area (Å²) in [7, 11) is 0. The molecular weight excluding hydrogens is 368 g/mol. The van der Waals surface area contributed by atoms with E-state index in [0.717, 1.165) is 29.9 Å². The molecule has 1 N–H and O–H groups in total. The zero-order valence-electron chi connectivity index (χ0n) is 16.8. The van der Waals surface area contributed by atoms with Crippen LogP contribution in [0.25, 0.3) is 11.4 Å². The maximum atomic E-state index is 5.61. The minimum Gasteiger partial charge on any atom is -0.494 e. The summed E-state index contributed by atoms with van der Waals surface area (Å²) in [5.41, 5.74) is 3.29. The van der Waals surface area contributed by atoms with Crippen LogP contribution in [-0.4, -0.2) is 27.7 Å². The van der Waals surface area contributed by atoms with Crippen LogP contribution in [0.3, 0.4) is 0 Å². The van der Waals surface area contributed by atoms with Crippen molar-refractivity contribution in [3.8, 4) is 17.1 Å². The quantitative estimate of drug-likeness (QED) is 0.439. The second-order valence-electron chi connectivity index (χ2n) is 7.65. The molecule has 0 atom stereocenters. The lowest BCUT2D eigenvalue weighted by molar-refractivity contribution is 0.317. The van der Waals surface area contributed by atoms with Crippen molar-refractivity contribution in [2.75, 3.05) is 6.61 Å².